The number of aliphatic imine (C=N–C) groups is 1. The molecule has 2 rings (SSSR count). The van der Waals surface area contributed by atoms with E-state index in [1.165, 1.54) is 0 Å². The molecule has 0 aliphatic carbocycles. The second-order valence-electron chi connectivity index (χ2n) is 5.41. The van der Waals surface area contributed by atoms with Crippen molar-refractivity contribution in [2.45, 2.75) is 20.8 Å². The van der Waals surface area contributed by atoms with Gasteiger partial charge in [-0.2, -0.15) is 0 Å². The molecule has 0 bridgehead atoms. The SMILES string of the molecule is C=Cc1ccc2cccnc2c1/N=C/C(C)(C)C. The van der Waals surface area contributed by atoms with E-state index < -0.39 is 0 Å². The predicted molar refractivity (Wildman–Crippen MR) is 79.4 cm³/mol. The van der Waals surface area contributed by atoms with Gasteiger partial charge in [-0.15, -0.1) is 0 Å². The Balaban J connectivity index is 2.65. The molecule has 0 unspecified atom stereocenters. The van der Waals surface area contributed by atoms with E-state index in [9.17, 15) is 0 Å². The molecule has 0 saturated heterocycles. The van der Waals surface area contributed by atoms with Crippen LogP contribution in [-0.2, 0) is 0 Å². The monoisotopic (exact) mass is 238 g/mol. The fourth-order valence-electron chi connectivity index (χ4n) is 1.70. The molecule has 0 atom stereocenters. The van der Waals surface area contributed by atoms with E-state index in [0.717, 1.165) is 22.2 Å². The summed E-state index contributed by atoms with van der Waals surface area (Å²) in [6.07, 6.45) is 5.58. The predicted octanol–water partition coefficient (Wildman–Crippen LogP) is 4.63. The fourth-order valence-corrected chi connectivity index (χ4v) is 1.70. The van der Waals surface area contributed by atoms with Crippen LogP contribution in [0, 0.1) is 5.41 Å². The zero-order chi connectivity index (χ0) is 13.2. The first-order chi connectivity index (χ1) is 8.51. The Bertz CT molecular complexity index is 604. The van der Waals surface area contributed by atoms with E-state index in [2.05, 4.69) is 43.4 Å². The number of rotatable bonds is 2. The van der Waals surface area contributed by atoms with Crippen molar-refractivity contribution in [3.05, 3.63) is 42.6 Å². The zero-order valence-electron chi connectivity index (χ0n) is 11.1. The van der Waals surface area contributed by atoms with Gasteiger partial charge in [-0.05, 0) is 11.5 Å². The molecule has 2 nitrogen and oxygen atoms in total. The highest BCUT2D eigenvalue weighted by Gasteiger charge is 2.09. The van der Waals surface area contributed by atoms with Gasteiger partial charge in [0.25, 0.3) is 0 Å². The third-order valence-electron chi connectivity index (χ3n) is 2.58. The quantitative estimate of drug-likeness (QED) is 0.700. The Hall–Kier alpha value is -1.96. The summed E-state index contributed by atoms with van der Waals surface area (Å²) >= 11 is 0. The van der Waals surface area contributed by atoms with E-state index in [0.29, 0.717) is 0 Å². The molecular formula is C16H18N2. The maximum Gasteiger partial charge on any atom is 0.0964 e. The highest BCUT2D eigenvalue weighted by atomic mass is 14.8. The number of hydrogen-bond donors (Lipinski definition) is 0. The molecule has 2 aromatic rings. The minimum absolute atomic E-state index is 0.0510. The molecule has 0 amide bonds. The van der Waals surface area contributed by atoms with Crippen molar-refractivity contribution in [3.63, 3.8) is 0 Å². The standard InChI is InChI=1S/C16H18N2/c1-5-12-8-9-13-7-6-10-17-15(13)14(12)18-11-16(2,3)4/h5-11H,1H2,2-4H3/b18-11+. The van der Waals surface area contributed by atoms with Crippen LogP contribution in [-0.4, -0.2) is 11.2 Å². The molecule has 1 heterocycles. The van der Waals surface area contributed by atoms with E-state index in [1.807, 2.05) is 30.5 Å². The van der Waals surface area contributed by atoms with Gasteiger partial charge in [-0.25, -0.2) is 0 Å². The van der Waals surface area contributed by atoms with Crippen molar-refractivity contribution in [2.75, 3.05) is 0 Å². The molecule has 18 heavy (non-hydrogen) atoms. The lowest BCUT2D eigenvalue weighted by Crippen LogP contribution is -2.05. The summed E-state index contributed by atoms with van der Waals surface area (Å²) in [5.41, 5.74) is 2.89. The number of hydrogen-bond acceptors (Lipinski definition) is 2. The zero-order valence-corrected chi connectivity index (χ0v) is 11.1. The topological polar surface area (TPSA) is 25.2 Å². The largest absolute Gasteiger partial charge is 0.258 e. The molecule has 0 N–H and O–H groups in total. The summed E-state index contributed by atoms with van der Waals surface area (Å²) < 4.78 is 0. The van der Waals surface area contributed by atoms with Crippen LogP contribution < -0.4 is 0 Å². The average Bonchev–Trinajstić information content (AvgIpc) is 2.34. The van der Waals surface area contributed by atoms with Gasteiger partial charge in [0.15, 0.2) is 0 Å². The van der Waals surface area contributed by atoms with Crippen LogP contribution >= 0.6 is 0 Å². The van der Waals surface area contributed by atoms with Crippen LogP contribution in [0.25, 0.3) is 17.0 Å². The molecule has 0 spiro atoms. The van der Waals surface area contributed by atoms with Crippen molar-refractivity contribution < 1.29 is 0 Å². The first-order valence-corrected chi connectivity index (χ1v) is 6.07. The second kappa shape index (κ2) is 4.73. The molecule has 0 fully saturated rings. The Morgan fingerprint density at radius 1 is 1.22 bits per heavy atom. The van der Waals surface area contributed by atoms with Gasteiger partial charge >= 0.3 is 0 Å². The highest BCUT2D eigenvalue weighted by molar-refractivity contribution is 5.94. The number of fused-ring (bicyclic) bond motifs is 1. The summed E-state index contributed by atoms with van der Waals surface area (Å²) in [7, 11) is 0. The van der Waals surface area contributed by atoms with Crippen LogP contribution in [0.5, 0.6) is 0 Å². The van der Waals surface area contributed by atoms with Crippen molar-refractivity contribution in [1.82, 2.24) is 4.98 Å². The summed E-state index contributed by atoms with van der Waals surface area (Å²) in [6.45, 7) is 10.2. The van der Waals surface area contributed by atoms with Crippen molar-refractivity contribution in [3.8, 4) is 0 Å². The molecule has 92 valence electrons. The lowest BCUT2D eigenvalue weighted by Gasteiger charge is -2.11. The summed E-state index contributed by atoms with van der Waals surface area (Å²) in [4.78, 5) is 9.05. The maximum atomic E-state index is 4.62. The van der Waals surface area contributed by atoms with Gasteiger partial charge in [0.1, 0.15) is 0 Å². The smallest absolute Gasteiger partial charge is 0.0964 e. The first kappa shape index (κ1) is 12.5. The Morgan fingerprint density at radius 2 is 2.00 bits per heavy atom. The van der Waals surface area contributed by atoms with Gasteiger partial charge < -0.3 is 0 Å². The van der Waals surface area contributed by atoms with Crippen LogP contribution in [0.4, 0.5) is 5.69 Å². The summed E-state index contributed by atoms with van der Waals surface area (Å²) in [6, 6.07) is 8.07. The van der Waals surface area contributed by atoms with E-state index in [4.69, 9.17) is 0 Å². The van der Waals surface area contributed by atoms with Crippen molar-refractivity contribution in [1.29, 1.82) is 0 Å². The van der Waals surface area contributed by atoms with Gasteiger partial charge in [0.05, 0.1) is 11.2 Å². The number of nitrogens with zero attached hydrogens (tertiary/aromatic N) is 2. The van der Waals surface area contributed by atoms with E-state index in [1.54, 1.807) is 6.20 Å². The van der Waals surface area contributed by atoms with Crippen molar-refractivity contribution >= 4 is 28.9 Å². The minimum Gasteiger partial charge on any atom is -0.258 e. The Kier molecular flexibility index (Phi) is 3.28. The third kappa shape index (κ3) is 2.65. The second-order valence-corrected chi connectivity index (χ2v) is 5.41. The molecule has 0 saturated carbocycles. The number of pyridine rings is 1. The lowest BCUT2D eigenvalue weighted by molar-refractivity contribution is 0.607. The maximum absolute atomic E-state index is 4.62. The van der Waals surface area contributed by atoms with E-state index >= 15 is 0 Å². The van der Waals surface area contributed by atoms with E-state index in [-0.39, 0.29) is 5.41 Å². The van der Waals surface area contributed by atoms with Crippen LogP contribution in [0.15, 0.2) is 42.0 Å². The fraction of sp³-hybridized carbons (Fsp3) is 0.250. The molecule has 1 aromatic heterocycles. The average molecular weight is 238 g/mol. The van der Waals surface area contributed by atoms with Gasteiger partial charge in [0.2, 0.25) is 0 Å². The Labute approximate surface area is 108 Å². The molecule has 0 aliphatic rings. The summed E-state index contributed by atoms with van der Waals surface area (Å²) in [5, 5.41) is 1.10. The number of benzene rings is 1. The molecule has 0 radical (unpaired) electrons. The number of aromatic nitrogens is 1. The first-order valence-electron chi connectivity index (χ1n) is 6.07. The molecular weight excluding hydrogens is 220 g/mol. The molecule has 1 aromatic carbocycles. The van der Waals surface area contributed by atoms with Crippen molar-refractivity contribution in [2.24, 2.45) is 10.4 Å². The highest BCUT2D eigenvalue weighted by Crippen LogP contribution is 2.29. The minimum atomic E-state index is 0.0510. The third-order valence-corrected chi connectivity index (χ3v) is 2.58. The van der Waals surface area contributed by atoms with Crippen LogP contribution in [0.1, 0.15) is 26.3 Å². The molecule has 2 heteroatoms. The normalized spacial score (nSPS) is 12.2. The Morgan fingerprint density at radius 3 is 2.67 bits per heavy atom. The van der Waals surface area contributed by atoms with Crippen LogP contribution in [0.2, 0.25) is 0 Å². The molecule has 0 aliphatic heterocycles. The van der Waals surface area contributed by atoms with Gasteiger partial charge in [0, 0.05) is 23.4 Å². The van der Waals surface area contributed by atoms with Gasteiger partial charge in [-0.3, -0.25) is 9.98 Å². The van der Waals surface area contributed by atoms with Crippen LogP contribution in [0.3, 0.4) is 0 Å². The van der Waals surface area contributed by atoms with Gasteiger partial charge in [-0.1, -0.05) is 51.6 Å². The lowest BCUT2D eigenvalue weighted by atomic mass is 9.99. The summed E-state index contributed by atoms with van der Waals surface area (Å²) in [5.74, 6) is 0.